The van der Waals surface area contributed by atoms with Gasteiger partial charge in [0.15, 0.2) is 8.38 Å². The average Bonchev–Trinajstić information content (AvgIpc) is 3.43. The van der Waals surface area contributed by atoms with Gasteiger partial charge in [0.25, 0.3) is 0 Å². The molecule has 1 saturated carbocycles. The number of esters is 2. The van der Waals surface area contributed by atoms with Gasteiger partial charge in [-0.3, -0.25) is 14.4 Å². The lowest BCUT2D eigenvalue weighted by Crippen LogP contribution is -2.49. The van der Waals surface area contributed by atoms with E-state index < -0.39 is 32.0 Å². The predicted octanol–water partition coefficient (Wildman–Crippen LogP) is 0.284. The fraction of sp³-hybridized carbons (Fsp3) is 0.833. The van der Waals surface area contributed by atoms with Crippen LogP contribution in [-0.2, 0) is 28.6 Å². The van der Waals surface area contributed by atoms with Crippen molar-refractivity contribution in [3.05, 3.63) is 0 Å². The van der Waals surface area contributed by atoms with Crippen LogP contribution in [0, 0.1) is 0 Å². The minimum Gasteiger partial charge on any atom is -0.462 e. The Morgan fingerprint density at radius 2 is 1.97 bits per heavy atom. The summed E-state index contributed by atoms with van der Waals surface area (Å²) in [4.78, 5) is 52.6. The predicted molar refractivity (Wildman–Crippen MR) is 114 cm³/mol. The monoisotopic (exact) mass is 468 g/mol. The molecule has 30 heavy (non-hydrogen) atoms. The summed E-state index contributed by atoms with van der Waals surface area (Å²) in [6.07, 6.45) is 2.12. The van der Waals surface area contributed by atoms with Gasteiger partial charge < -0.3 is 35.0 Å². The summed E-state index contributed by atoms with van der Waals surface area (Å²) in [7, 11) is -1.90. The van der Waals surface area contributed by atoms with E-state index in [1.807, 2.05) is 0 Å². The molecule has 10 nitrogen and oxygen atoms in total. The molecule has 1 rings (SSSR count). The van der Waals surface area contributed by atoms with Crippen molar-refractivity contribution in [3.8, 4) is 0 Å². The summed E-state index contributed by atoms with van der Waals surface area (Å²) in [6, 6.07) is -0.740. The Balaban J connectivity index is 2.30. The number of nitrogens with one attached hydrogen (secondary N) is 1. The third-order valence-corrected chi connectivity index (χ3v) is 6.18. The second-order valence-corrected chi connectivity index (χ2v) is 9.45. The van der Waals surface area contributed by atoms with Crippen LogP contribution in [0.25, 0.3) is 0 Å². The Kier molecular flexibility index (Phi) is 12.8. The number of hydrogen-bond donors (Lipinski definition) is 4. The molecule has 1 fully saturated rings. The topological polar surface area (TPSA) is 157 Å². The van der Waals surface area contributed by atoms with E-state index >= 15 is 0 Å². The van der Waals surface area contributed by atoms with Gasteiger partial charge in [-0.05, 0) is 19.3 Å². The van der Waals surface area contributed by atoms with Crippen molar-refractivity contribution in [2.24, 2.45) is 5.73 Å². The minimum absolute atomic E-state index is 0.0321. The molecule has 0 bridgehead atoms. The zero-order valence-electron chi connectivity index (χ0n) is 17.5. The first-order valence-electron chi connectivity index (χ1n) is 9.88. The summed E-state index contributed by atoms with van der Waals surface area (Å²) < 4.78 is 15.7. The van der Waals surface area contributed by atoms with Crippen molar-refractivity contribution in [2.75, 3.05) is 37.5 Å². The van der Waals surface area contributed by atoms with Crippen LogP contribution in [-0.4, -0.2) is 82.8 Å². The number of nitrogens with two attached hydrogens (primary N) is 1. The molecule has 1 aliphatic rings. The third kappa shape index (κ3) is 12.0. The molecule has 0 aliphatic heterocycles. The van der Waals surface area contributed by atoms with E-state index in [1.165, 1.54) is 18.7 Å². The summed E-state index contributed by atoms with van der Waals surface area (Å²) >= 11 is 1.34. The molecule has 1 aliphatic carbocycles. The molecule has 1 amide bonds. The number of carbonyl (C=O) groups is 3. The van der Waals surface area contributed by atoms with Crippen molar-refractivity contribution in [3.63, 3.8) is 0 Å². The Morgan fingerprint density at radius 3 is 2.53 bits per heavy atom. The molecule has 0 saturated heterocycles. The molecule has 0 aromatic rings. The van der Waals surface area contributed by atoms with Crippen molar-refractivity contribution in [1.82, 2.24) is 5.32 Å². The van der Waals surface area contributed by atoms with Gasteiger partial charge >= 0.3 is 11.9 Å². The van der Waals surface area contributed by atoms with Gasteiger partial charge in [-0.1, -0.05) is 6.92 Å². The number of thioether (sulfide) groups is 1. The van der Waals surface area contributed by atoms with E-state index in [4.69, 9.17) is 29.7 Å². The van der Waals surface area contributed by atoms with E-state index in [2.05, 4.69) is 5.32 Å². The molecule has 0 heterocycles. The molecule has 5 N–H and O–H groups in total. The normalized spacial score (nSPS) is 16.6. The summed E-state index contributed by atoms with van der Waals surface area (Å²) in [5, 5.41) is 2.93. The number of amides is 1. The maximum Gasteiger partial charge on any atom is 0.305 e. The fourth-order valence-electron chi connectivity index (χ4n) is 2.43. The lowest BCUT2D eigenvalue weighted by atomic mass is 10.2. The van der Waals surface area contributed by atoms with Gasteiger partial charge in [-0.25, -0.2) is 0 Å². The zero-order chi connectivity index (χ0) is 22.6. The second kappa shape index (κ2) is 14.2. The average molecular weight is 469 g/mol. The smallest absolute Gasteiger partial charge is 0.305 e. The number of rotatable bonds is 16. The summed E-state index contributed by atoms with van der Waals surface area (Å²) in [5.41, 5.74) is 5.58. The summed E-state index contributed by atoms with van der Waals surface area (Å²) in [5.74, 6) is -0.457. The van der Waals surface area contributed by atoms with Crippen molar-refractivity contribution in [2.45, 2.75) is 57.2 Å². The molecule has 0 radical (unpaired) electrons. The molecular formula is C18H33N2O8PS. The lowest BCUT2D eigenvalue weighted by molar-refractivity contribution is -0.155. The largest absolute Gasteiger partial charge is 0.462 e. The minimum atomic E-state index is -1.90. The first kappa shape index (κ1) is 27.1. The zero-order valence-corrected chi connectivity index (χ0v) is 19.2. The molecule has 2 atom stereocenters. The number of ether oxygens (including phenoxy) is 3. The highest BCUT2D eigenvalue weighted by atomic mass is 32.2. The standard InChI is InChI=1S/C18H33N2O8PS/c1-3-16(22)27-9-14(28-13(2)21)10-30-11-15(19)17(23)20-18(5-6-18)12-26-7-4-8-29(24)25/h14-15,24-25H,3-12,19H2,1-2H3,(H,20,23). The molecule has 0 aromatic heterocycles. The fourth-order valence-corrected chi connectivity index (χ4v) is 3.81. The Hall–Kier alpha value is -0.970. The van der Waals surface area contributed by atoms with Gasteiger partial charge in [0.05, 0.1) is 18.2 Å². The molecule has 174 valence electrons. The SMILES string of the molecule is CCC(=O)OCC(CSCC(N)C(=O)NC1(COCCCP(O)O)CC1)OC(C)=O. The second-order valence-electron chi connectivity index (χ2n) is 7.18. The first-order chi connectivity index (χ1) is 14.2. The van der Waals surface area contributed by atoms with Gasteiger partial charge in [0, 0.05) is 37.6 Å². The van der Waals surface area contributed by atoms with Crippen LogP contribution >= 0.6 is 20.1 Å². The van der Waals surface area contributed by atoms with Crippen LogP contribution in [0.2, 0.25) is 0 Å². The Bertz CT molecular complexity index is 562. The van der Waals surface area contributed by atoms with E-state index in [-0.39, 0.29) is 24.9 Å². The first-order valence-corrected chi connectivity index (χ1v) is 12.5. The van der Waals surface area contributed by atoms with E-state index in [1.54, 1.807) is 6.92 Å². The van der Waals surface area contributed by atoms with Gasteiger partial charge in [-0.2, -0.15) is 11.8 Å². The van der Waals surface area contributed by atoms with E-state index in [0.29, 0.717) is 37.3 Å². The number of carbonyl (C=O) groups excluding carboxylic acids is 3. The molecule has 0 aromatic carbocycles. The highest BCUT2D eigenvalue weighted by Gasteiger charge is 2.44. The molecular weight excluding hydrogens is 435 g/mol. The number of hydrogen-bond acceptors (Lipinski definition) is 10. The molecule has 0 spiro atoms. The van der Waals surface area contributed by atoms with Crippen LogP contribution in [0.5, 0.6) is 0 Å². The Morgan fingerprint density at radius 1 is 1.27 bits per heavy atom. The van der Waals surface area contributed by atoms with Gasteiger partial charge in [0.2, 0.25) is 5.91 Å². The van der Waals surface area contributed by atoms with Crippen molar-refractivity contribution < 1.29 is 38.4 Å². The molecule has 12 heteroatoms. The van der Waals surface area contributed by atoms with Crippen molar-refractivity contribution in [1.29, 1.82) is 0 Å². The molecule has 2 unspecified atom stereocenters. The Labute approximate surface area is 182 Å². The van der Waals surface area contributed by atoms with Crippen LogP contribution in [0.1, 0.15) is 39.5 Å². The van der Waals surface area contributed by atoms with Crippen LogP contribution < -0.4 is 11.1 Å². The van der Waals surface area contributed by atoms with Crippen LogP contribution in [0.3, 0.4) is 0 Å². The quantitative estimate of drug-likeness (QED) is 0.141. The van der Waals surface area contributed by atoms with Gasteiger partial charge in [0.1, 0.15) is 12.7 Å². The van der Waals surface area contributed by atoms with Crippen LogP contribution in [0.4, 0.5) is 0 Å². The van der Waals surface area contributed by atoms with E-state index in [0.717, 1.165) is 12.8 Å². The highest BCUT2D eigenvalue weighted by molar-refractivity contribution is 7.99. The van der Waals surface area contributed by atoms with Crippen molar-refractivity contribution >= 4 is 38.0 Å². The maximum atomic E-state index is 12.4. The van der Waals surface area contributed by atoms with Gasteiger partial charge in [-0.15, -0.1) is 0 Å². The highest BCUT2D eigenvalue weighted by Crippen LogP contribution is 2.35. The lowest BCUT2D eigenvalue weighted by Gasteiger charge is -2.21. The summed E-state index contributed by atoms with van der Waals surface area (Å²) in [6.45, 7) is 3.69. The third-order valence-electron chi connectivity index (χ3n) is 4.26. The van der Waals surface area contributed by atoms with Crippen LogP contribution in [0.15, 0.2) is 0 Å². The maximum absolute atomic E-state index is 12.4. The van der Waals surface area contributed by atoms with E-state index in [9.17, 15) is 14.4 Å².